The third-order valence-corrected chi connectivity index (χ3v) is 9.04. The van der Waals surface area contributed by atoms with Gasteiger partial charge in [0.2, 0.25) is 0 Å². The molecular weight excluding hydrogens is 807 g/mol. The second-order valence-electron chi connectivity index (χ2n) is 15.2. The highest BCUT2D eigenvalue weighted by Gasteiger charge is 2.43. The summed E-state index contributed by atoms with van der Waals surface area (Å²) in [6.07, 6.45) is 1.58. The predicted molar refractivity (Wildman–Crippen MR) is 254 cm³/mol. The molecule has 1 fully saturated rings. The molecule has 7 atom stereocenters. The van der Waals surface area contributed by atoms with E-state index in [9.17, 15) is 9.90 Å². The zero-order chi connectivity index (χ0) is 46.8. The highest BCUT2D eigenvalue weighted by molar-refractivity contribution is 5.94. The number of ether oxygens (including phenoxy) is 4. The van der Waals surface area contributed by atoms with E-state index in [0.29, 0.717) is 26.2 Å². The second-order valence-corrected chi connectivity index (χ2v) is 15.2. The van der Waals surface area contributed by atoms with Crippen LogP contribution in [-0.2, 0) is 37.0 Å². The summed E-state index contributed by atoms with van der Waals surface area (Å²) in [4.78, 5) is 13.0. The number of aliphatic hydroxyl groups is 1. The van der Waals surface area contributed by atoms with Gasteiger partial charge in [-0.3, -0.25) is 4.79 Å². The highest BCUT2D eigenvalue weighted by Crippen LogP contribution is 2.34. The maximum absolute atomic E-state index is 13.0. The normalized spacial score (nSPS) is 17.1. The van der Waals surface area contributed by atoms with Crippen LogP contribution in [-0.4, -0.2) is 54.9 Å². The van der Waals surface area contributed by atoms with Gasteiger partial charge in [0.05, 0.1) is 44.7 Å². The predicted octanol–water partition coefficient (Wildman–Crippen LogP) is 5.70. The number of hydrogen-bond acceptors (Lipinski definition) is 6. The first-order valence-electron chi connectivity index (χ1n) is 20.7. The van der Waals surface area contributed by atoms with Gasteiger partial charge in [-0.2, -0.15) is 0 Å². The molecule has 1 heterocycles. The maximum Gasteiger partial charge on any atom is 0.297 e. The molecule has 65 heavy (non-hydrogen) atoms. The van der Waals surface area contributed by atoms with Gasteiger partial charge in [-0.1, -0.05) is 113 Å². The topological polar surface area (TPSA) is 86.3 Å². The van der Waals surface area contributed by atoms with Crippen LogP contribution in [0.1, 0.15) is 59.1 Å². The minimum absolute atomic E-state index is 0.00274. The molecule has 2 unspecified atom stereocenters. The van der Waals surface area contributed by atoms with E-state index in [1.807, 2.05) is 66.7 Å². The molecule has 0 aliphatic carbocycles. The van der Waals surface area contributed by atoms with Crippen molar-refractivity contribution in [2.24, 2.45) is 17.3 Å². The third kappa shape index (κ3) is 23.3. The van der Waals surface area contributed by atoms with Crippen molar-refractivity contribution in [1.29, 1.82) is 0 Å². The number of carbonyl (C=O) groups is 1. The van der Waals surface area contributed by atoms with Crippen LogP contribution in [0.15, 0.2) is 72.8 Å². The number of hydrogen-bond donors (Lipinski definition) is 2. The number of nitrogens with one attached hydrogen (secondary N) is 1. The number of amides is 1. The van der Waals surface area contributed by atoms with E-state index in [0.717, 1.165) is 11.1 Å². The average molecular weight is 856 g/mol. The minimum atomic E-state index is -1.10. The summed E-state index contributed by atoms with van der Waals surface area (Å²) in [5, 5.41) is 14.1. The van der Waals surface area contributed by atoms with E-state index in [-0.39, 0.29) is 30.0 Å². The van der Waals surface area contributed by atoms with Crippen molar-refractivity contribution in [2.45, 2.75) is 91.8 Å². The quantitative estimate of drug-likeness (QED) is 0.188. The molecule has 2 aromatic rings. The van der Waals surface area contributed by atoms with Crippen LogP contribution >= 0.6 is 0 Å². The lowest BCUT2D eigenvalue weighted by Crippen LogP contribution is -2.54. The van der Waals surface area contributed by atoms with Crippen LogP contribution in [0, 0.1) is 159 Å². The van der Waals surface area contributed by atoms with Gasteiger partial charge in [0, 0.05) is 41.4 Å². The fraction of sp³-hybridized carbons (Fsp3) is 0.328. The van der Waals surface area contributed by atoms with Crippen molar-refractivity contribution < 1.29 is 28.8 Å². The molecule has 2 N–H and O–H groups in total. The van der Waals surface area contributed by atoms with Crippen LogP contribution in [0.25, 0.3) is 0 Å². The average Bonchev–Trinajstić information content (AvgIpc) is 3.29. The van der Waals surface area contributed by atoms with E-state index in [4.69, 9.17) is 18.9 Å². The number of aliphatic hydroxyl groups excluding tert-OH is 1. The van der Waals surface area contributed by atoms with Crippen molar-refractivity contribution in [3.8, 4) is 142 Å². The first-order valence-corrected chi connectivity index (χ1v) is 20.7. The lowest BCUT2D eigenvalue weighted by Gasteiger charge is -2.44. The maximum atomic E-state index is 13.0. The molecule has 1 amide bonds. The van der Waals surface area contributed by atoms with Gasteiger partial charge in [0.15, 0.2) is 6.29 Å². The Labute approximate surface area is 387 Å². The van der Waals surface area contributed by atoms with Gasteiger partial charge in [-0.25, -0.2) is 0 Å². The smallest absolute Gasteiger partial charge is 0.297 e. The Morgan fingerprint density at radius 2 is 1.14 bits per heavy atom. The molecule has 0 saturated carbocycles. The number of allylic oxidation sites excluding steroid dienone is 1. The van der Waals surface area contributed by atoms with Gasteiger partial charge < -0.3 is 29.4 Å². The molecule has 3 rings (SSSR count). The highest BCUT2D eigenvalue weighted by atomic mass is 16.7. The summed E-state index contributed by atoms with van der Waals surface area (Å²) in [6, 6.07) is 18.9. The molecule has 0 spiro atoms. The van der Waals surface area contributed by atoms with Crippen LogP contribution in [0.5, 0.6) is 0 Å². The summed E-state index contributed by atoms with van der Waals surface area (Å²) < 4.78 is 25.6. The van der Waals surface area contributed by atoms with Crippen LogP contribution in [0.3, 0.4) is 0 Å². The first kappa shape index (κ1) is 51.5. The van der Waals surface area contributed by atoms with E-state index in [2.05, 4.69) is 182 Å². The van der Waals surface area contributed by atoms with Crippen molar-refractivity contribution in [3.63, 3.8) is 0 Å². The Kier molecular flexibility index (Phi) is 24.6. The summed E-state index contributed by atoms with van der Waals surface area (Å²) in [6.45, 7) is 13.3. The molecule has 0 aromatic heterocycles. The molecule has 2 aromatic carbocycles. The van der Waals surface area contributed by atoms with Gasteiger partial charge in [-0.15, -0.1) is 0 Å². The molecule has 1 saturated heterocycles. The minimum Gasteiger partial charge on any atom is -0.387 e. The third-order valence-electron chi connectivity index (χ3n) is 9.04. The Bertz CT molecular complexity index is 2730. The molecule has 1 aliphatic heterocycles. The fourth-order valence-corrected chi connectivity index (χ4v) is 5.55. The van der Waals surface area contributed by atoms with Gasteiger partial charge in [0.25, 0.3) is 5.91 Å². The summed E-state index contributed by atoms with van der Waals surface area (Å²) in [5.74, 6) is 60.0. The Balaban J connectivity index is 1.65. The summed E-state index contributed by atoms with van der Waals surface area (Å²) >= 11 is 0. The molecule has 7 nitrogen and oxygen atoms in total. The summed E-state index contributed by atoms with van der Waals surface area (Å²) in [7, 11) is 0. The lowest BCUT2D eigenvalue weighted by atomic mass is 9.83. The molecule has 0 bridgehead atoms. The van der Waals surface area contributed by atoms with Crippen molar-refractivity contribution in [2.75, 3.05) is 13.2 Å². The van der Waals surface area contributed by atoms with Crippen LogP contribution in [0.2, 0.25) is 0 Å². The van der Waals surface area contributed by atoms with Crippen molar-refractivity contribution >= 4 is 5.91 Å². The van der Waals surface area contributed by atoms with Crippen LogP contribution in [0.4, 0.5) is 0 Å². The van der Waals surface area contributed by atoms with Crippen molar-refractivity contribution in [3.05, 3.63) is 83.9 Å². The second kappa shape index (κ2) is 31.1. The van der Waals surface area contributed by atoms with E-state index < -0.39 is 30.4 Å². The van der Waals surface area contributed by atoms with Crippen LogP contribution < -0.4 is 5.32 Å². The largest absolute Gasteiger partial charge is 0.387 e. The van der Waals surface area contributed by atoms with E-state index in [1.54, 1.807) is 13.0 Å². The fourth-order valence-electron chi connectivity index (χ4n) is 5.55. The number of rotatable bonds is 14. The van der Waals surface area contributed by atoms with Gasteiger partial charge >= 0.3 is 0 Å². The number of carbonyl (C=O) groups excluding carboxylic acids is 1. The molecular formula is C58H49NO6. The SMILES string of the molecule is CC#CC#CC#CC#CC#CC#CC#CC#CC#CC#CC#CC#CC(=O)N[C@@H](CO[C@@H]1OC(COCc2ccccc2)[C@H](C)[C@H](C)C1OCc1ccccc1)[C@H](O)/C=C/CC(C)(C)C. The van der Waals surface area contributed by atoms with E-state index in [1.165, 1.54) is 0 Å². The standard InChI is InChI=1S/C58H49NO6/c1-7-8-9-10-11-12-13-14-15-16-17-18-19-20-21-22-23-24-25-26-27-28-35-42-55(61)59-52(53(60)41-36-43-58(4,5)6)46-64-57-56(63-45-51-39-33-30-34-40-51)49(3)48(2)54(65-57)47-62-44-50-37-31-29-32-38-50/h29-34,36-41,48-49,52-54,56-57,60H,43-47H2,1-6H3,(H,59,61)/b41-36+/t48-,49+,52+,53-,54?,56?,57-/m1/s1. The zero-order valence-corrected chi connectivity index (χ0v) is 37.5. The van der Waals surface area contributed by atoms with Gasteiger partial charge in [-0.05, 0) is 136 Å². The molecule has 7 heteroatoms. The molecule has 322 valence electrons. The molecule has 0 radical (unpaired) electrons. The lowest BCUT2D eigenvalue weighted by molar-refractivity contribution is -0.291. The first-order chi connectivity index (χ1) is 31.6. The Morgan fingerprint density at radius 1 is 0.677 bits per heavy atom. The van der Waals surface area contributed by atoms with Gasteiger partial charge in [0.1, 0.15) is 6.10 Å². The monoisotopic (exact) mass is 855 g/mol. The number of benzene rings is 2. The Morgan fingerprint density at radius 3 is 1.62 bits per heavy atom. The summed E-state index contributed by atoms with van der Waals surface area (Å²) in [5.41, 5.74) is 2.07. The molecule has 1 aliphatic rings. The Hall–Kier alpha value is -7.83. The zero-order valence-electron chi connectivity index (χ0n) is 37.5. The van der Waals surface area contributed by atoms with E-state index >= 15 is 0 Å². The van der Waals surface area contributed by atoms with Crippen molar-refractivity contribution in [1.82, 2.24) is 5.32 Å².